The molecule has 0 aliphatic carbocycles. The van der Waals surface area contributed by atoms with Gasteiger partial charge in [0.05, 0.1) is 0 Å². The molecule has 3 heterocycles. The molecule has 0 aromatic carbocycles. The smallest absolute Gasteiger partial charge is 0.270 e. The second-order valence-corrected chi connectivity index (χ2v) is 10.4. The first-order valence-corrected chi connectivity index (χ1v) is 11.0. The van der Waals surface area contributed by atoms with Crippen LogP contribution in [-0.4, -0.2) is 69.4 Å². The Morgan fingerprint density at radius 2 is 1.92 bits per heavy atom. The lowest BCUT2D eigenvalue weighted by molar-refractivity contribution is 0.0787. The highest BCUT2D eigenvalue weighted by molar-refractivity contribution is 7.89. The zero-order chi connectivity index (χ0) is 17.5. The van der Waals surface area contributed by atoms with E-state index >= 15 is 0 Å². The Bertz CT molecular complexity index is 763. The molecule has 0 saturated carbocycles. The van der Waals surface area contributed by atoms with Gasteiger partial charge in [-0.15, -0.1) is 0 Å². The van der Waals surface area contributed by atoms with E-state index in [1.807, 2.05) is 0 Å². The van der Waals surface area contributed by atoms with Crippen LogP contribution in [0, 0.1) is 0 Å². The molecule has 24 heavy (non-hydrogen) atoms. The molecule has 0 bridgehead atoms. The second kappa shape index (κ2) is 6.27. The van der Waals surface area contributed by atoms with E-state index in [1.165, 1.54) is 16.6 Å². The molecule has 134 valence electrons. The normalized spacial score (nSPS) is 25.1. The molecule has 1 aromatic rings. The average Bonchev–Trinajstić information content (AvgIpc) is 3.17. The topological polar surface area (TPSA) is 90.5 Å². The SMILES string of the molecule is CC1(C)CS(=O)CCN1S(=O)(=O)c1c[nH]c(C(=O)N2CCCC2)c1. The number of carbonyl (C=O) groups is 1. The second-order valence-electron chi connectivity index (χ2n) is 6.93. The van der Waals surface area contributed by atoms with E-state index in [0.29, 0.717) is 30.3 Å². The number of aromatic nitrogens is 1. The number of carbonyl (C=O) groups excluding carboxylic acids is 1. The van der Waals surface area contributed by atoms with Gasteiger partial charge in [0.25, 0.3) is 5.91 Å². The van der Waals surface area contributed by atoms with E-state index in [1.54, 1.807) is 18.7 Å². The molecule has 1 N–H and O–H groups in total. The number of rotatable bonds is 3. The maximum absolute atomic E-state index is 12.9. The quantitative estimate of drug-likeness (QED) is 0.848. The zero-order valence-electron chi connectivity index (χ0n) is 13.9. The molecule has 1 unspecified atom stereocenters. The minimum atomic E-state index is -3.73. The lowest BCUT2D eigenvalue weighted by atomic mass is 10.1. The molecule has 2 fully saturated rings. The van der Waals surface area contributed by atoms with Gasteiger partial charge in [-0.1, -0.05) is 0 Å². The van der Waals surface area contributed by atoms with Crippen LogP contribution >= 0.6 is 0 Å². The fourth-order valence-corrected chi connectivity index (χ4v) is 6.78. The molecule has 0 spiro atoms. The van der Waals surface area contributed by atoms with Crippen molar-refractivity contribution in [3.8, 4) is 0 Å². The molecule has 9 heteroatoms. The van der Waals surface area contributed by atoms with E-state index in [2.05, 4.69) is 4.98 Å². The lowest BCUT2D eigenvalue weighted by Gasteiger charge is -2.40. The Labute approximate surface area is 144 Å². The van der Waals surface area contributed by atoms with Crippen molar-refractivity contribution in [2.24, 2.45) is 0 Å². The van der Waals surface area contributed by atoms with E-state index in [9.17, 15) is 17.4 Å². The Hall–Kier alpha value is -1.19. The molecule has 2 aliphatic rings. The fraction of sp³-hybridized carbons (Fsp3) is 0.667. The van der Waals surface area contributed by atoms with Crippen LogP contribution < -0.4 is 0 Å². The molecule has 0 radical (unpaired) electrons. The molecular weight excluding hydrogens is 350 g/mol. The van der Waals surface area contributed by atoms with Crippen LogP contribution in [0.1, 0.15) is 37.2 Å². The molecule has 1 amide bonds. The predicted molar refractivity (Wildman–Crippen MR) is 91.8 cm³/mol. The van der Waals surface area contributed by atoms with Gasteiger partial charge in [0.15, 0.2) is 0 Å². The number of sulfonamides is 1. The third-order valence-electron chi connectivity index (χ3n) is 4.58. The lowest BCUT2D eigenvalue weighted by Crippen LogP contribution is -2.56. The summed E-state index contributed by atoms with van der Waals surface area (Å²) in [6.07, 6.45) is 3.34. The zero-order valence-corrected chi connectivity index (χ0v) is 15.6. The monoisotopic (exact) mass is 373 g/mol. The summed E-state index contributed by atoms with van der Waals surface area (Å²) >= 11 is 0. The Kier molecular flexibility index (Phi) is 4.61. The van der Waals surface area contributed by atoms with Gasteiger partial charge in [-0.25, -0.2) is 8.42 Å². The number of hydrogen-bond donors (Lipinski definition) is 1. The summed E-state index contributed by atoms with van der Waals surface area (Å²) < 4.78 is 39.1. The molecule has 1 aromatic heterocycles. The van der Waals surface area contributed by atoms with Gasteiger partial charge in [0, 0.05) is 53.7 Å². The third-order valence-corrected chi connectivity index (χ3v) is 8.33. The molecule has 1 atom stereocenters. The summed E-state index contributed by atoms with van der Waals surface area (Å²) in [5.74, 6) is 0.496. The van der Waals surface area contributed by atoms with Crippen molar-refractivity contribution in [2.45, 2.75) is 37.1 Å². The highest BCUT2D eigenvalue weighted by atomic mass is 32.2. The minimum absolute atomic E-state index is 0.0887. The molecule has 2 aliphatic heterocycles. The van der Waals surface area contributed by atoms with Crippen molar-refractivity contribution in [1.29, 1.82) is 0 Å². The Morgan fingerprint density at radius 3 is 2.54 bits per heavy atom. The number of hydrogen-bond acceptors (Lipinski definition) is 4. The number of nitrogens with zero attached hydrogens (tertiary/aromatic N) is 2. The largest absolute Gasteiger partial charge is 0.356 e. The maximum Gasteiger partial charge on any atom is 0.270 e. The summed E-state index contributed by atoms with van der Waals surface area (Å²) in [5, 5.41) is 0. The van der Waals surface area contributed by atoms with E-state index < -0.39 is 26.4 Å². The first kappa shape index (κ1) is 17.6. The first-order chi connectivity index (χ1) is 11.2. The van der Waals surface area contributed by atoms with Crippen LogP contribution in [0.15, 0.2) is 17.2 Å². The summed E-state index contributed by atoms with van der Waals surface area (Å²) in [5.41, 5.74) is -0.410. The molecule has 3 rings (SSSR count). The fourth-order valence-electron chi connectivity index (χ4n) is 3.34. The first-order valence-electron chi connectivity index (χ1n) is 8.07. The summed E-state index contributed by atoms with van der Waals surface area (Å²) in [6.45, 7) is 5.22. The van der Waals surface area contributed by atoms with Gasteiger partial charge >= 0.3 is 0 Å². The summed E-state index contributed by atoms with van der Waals surface area (Å²) in [6, 6.07) is 1.41. The maximum atomic E-state index is 12.9. The van der Waals surface area contributed by atoms with E-state index in [4.69, 9.17) is 0 Å². The van der Waals surface area contributed by atoms with Crippen molar-refractivity contribution in [3.63, 3.8) is 0 Å². The number of nitrogens with one attached hydrogen (secondary N) is 1. The van der Waals surface area contributed by atoms with Crippen LogP contribution in [-0.2, 0) is 20.8 Å². The van der Waals surface area contributed by atoms with E-state index in [-0.39, 0.29) is 17.3 Å². The van der Waals surface area contributed by atoms with Crippen molar-refractivity contribution >= 4 is 26.7 Å². The molecular formula is C15H23N3O4S2. The van der Waals surface area contributed by atoms with Crippen LogP contribution in [0.5, 0.6) is 0 Å². The number of likely N-dealkylation sites (tertiary alicyclic amines) is 1. The van der Waals surface area contributed by atoms with E-state index in [0.717, 1.165) is 12.8 Å². The number of H-pyrrole nitrogens is 1. The van der Waals surface area contributed by atoms with Gasteiger partial charge < -0.3 is 9.88 Å². The Morgan fingerprint density at radius 1 is 1.25 bits per heavy atom. The third kappa shape index (κ3) is 3.16. The van der Waals surface area contributed by atoms with Crippen LogP contribution in [0.3, 0.4) is 0 Å². The Balaban J connectivity index is 1.85. The molecule has 7 nitrogen and oxygen atoms in total. The number of aromatic amines is 1. The van der Waals surface area contributed by atoms with Crippen molar-refractivity contribution in [2.75, 3.05) is 31.1 Å². The summed E-state index contributed by atoms with van der Waals surface area (Å²) in [7, 11) is -4.73. The van der Waals surface area contributed by atoms with Crippen LogP contribution in [0.4, 0.5) is 0 Å². The minimum Gasteiger partial charge on any atom is -0.356 e. The summed E-state index contributed by atoms with van der Waals surface area (Å²) in [4.78, 5) is 17.0. The van der Waals surface area contributed by atoms with Crippen LogP contribution in [0.25, 0.3) is 0 Å². The highest BCUT2D eigenvalue weighted by Crippen LogP contribution is 2.29. The van der Waals surface area contributed by atoms with Gasteiger partial charge in [0.1, 0.15) is 10.6 Å². The van der Waals surface area contributed by atoms with Gasteiger partial charge in [0.2, 0.25) is 10.0 Å². The van der Waals surface area contributed by atoms with Gasteiger partial charge in [-0.05, 0) is 32.8 Å². The predicted octanol–water partition coefficient (Wildman–Crippen LogP) is 0.782. The van der Waals surface area contributed by atoms with Gasteiger partial charge in [-0.3, -0.25) is 9.00 Å². The van der Waals surface area contributed by atoms with Crippen LogP contribution in [0.2, 0.25) is 0 Å². The highest BCUT2D eigenvalue weighted by Gasteiger charge is 2.42. The average molecular weight is 374 g/mol. The van der Waals surface area contributed by atoms with Crippen molar-refractivity contribution in [3.05, 3.63) is 18.0 Å². The van der Waals surface area contributed by atoms with Gasteiger partial charge in [-0.2, -0.15) is 4.31 Å². The standard InChI is InChI=1S/C15H23N3O4S2/c1-15(2)11-23(20)8-7-18(15)24(21,22)12-9-13(16-10-12)14(19)17-5-3-4-6-17/h9-10,16H,3-8,11H2,1-2H3. The van der Waals surface area contributed by atoms with Crippen molar-refractivity contribution in [1.82, 2.24) is 14.2 Å². The number of amides is 1. The van der Waals surface area contributed by atoms with Crippen molar-refractivity contribution < 1.29 is 17.4 Å². The molecule has 2 saturated heterocycles.